The summed E-state index contributed by atoms with van der Waals surface area (Å²) in [5.41, 5.74) is 0.636. The molecule has 0 aromatic rings. The topological polar surface area (TPSA) is 84.5 Å². The second-order valence-electron chi connectivity index (χ2n) is 5.96. The van der Waals surface area contributed by atoms with Crippen LogP contribution in [0.2, 0.25) is 0 Å². The Morgan fingerprint density at radius 3 is 2.75 bits per heavy atom. The first-order valence-corrected chi connectivity index (χ1v) is 7.16. The van der Waals surface area contributed by atoms with E-state index in [1.165, 1.54) is 6.08 Å². The van der Waals surface area contributed by atoms with Gasteiger partial charge in [-0.05, 0) is 6.42 Å². The van der Waals surface area contributed by atoms with E-state index >= 15 is 0 Å². The maximum atomic E-state index is 14.1. The average Bonchev–Trinajstić information content (AvgIpc) is 2.60. The number of hydrogen-bond donors (Lipinski definition) is 2. The van der Waals surface area contributed by atoms with Gasteiger partial charge in [0, 0.05) is 27.5 Å². The molecule has 3 aliphatic rings. The summed E-state index contributed by atoms with van der Waals surface area (Å²) in [6.45, 7) is 0. The number of hydrogen-bond acceptors (Lipinski definition) is 4. The minimum atomic E-state index is -0.831. The number of quaternary nitrogens is 1. The van der Waals surface area contributed by atoms with Gasteiger partial charge >= 0.3 is 0 Å². The molecule has 3 rings (SSSR count). The van der Waals surface area contributed by atoms with Crippen molar-refractivity contribution in [2.24, 2.45) is 0 Å². The molecule has 1 aliphatic carbocycles. The molecule has 2 unspecified atom stereocenters. The van der Waals surface area contributed by atoms with Gasteiger partial charge in [0.05, 0.1) is 11.9 Å². The van der Waals surface area contributed by atoms with Crippen molar-refractivity contribution in [3.8, 4) is 0 Å². The second kappa shape index (κ2) is 6.70. The summed E-state index contributed by atoms with van der Waals surface area (Å²) < 4.78 is 14.2. The number of rotatable bonds is 2. The number of allylic oxidation sites excluding steroid dienone is 2. The van der Waals surface area contributed by atoms with Crippen LogP contribution in [0.15, 0.2) is 29.2 Å². The van der Waals surface area contributed by atoms with Gasteiger partial charge in [0.2, 0.25) is 17.9 Å². The number of halogens is 1. The van der Waals surface area contributed by atoms with E-state index in [0.29, 0.717) is 5.70 Å². The van der Waals surface area contributed by atoms with Crippen LogP contribution in [-0.4, -0.2) is 48.6 Å². The molecule has 0 aromatic carbocycles. The third kappa shape index (κ3) is 3.41. The van der Waals surface area contributed by atoms with Crippen molar-refractivity contribution in [2.75, 3.05) is 14.1 Å². The normalized spacial score (nSPS) is 27.9. The zero-order chi connectivity index (χ0) is 16.8. The minimum Gasteiger partial charge on any atom is -0.394 e. The molecule has 3 amide bonds. The Labute approximate surface area is 152 Å². The van der Waals surface area contributed by atoms with Gasteiger partial charge in [-0.1, -0.05) is 6.08 Å². The number of nitrogens with one attached hydrogen (secondary N) is 2. The van der Waals surface area contributed by atoms with Gasteiger partial charge in [-0.2, -0.15) is 15.6 Å². The van der Waals surface area contributed by atoms with Crippen LogP contribution in [0.4, 0.5) is 4.39 Å². The van der Waals surface area contributed by atoms with E-state index < -0.39 is 29.8 Å². The molecule has 0 aromatic heterocycles. The Balaban J connectivity index is 0.00000208. The van der Waals surface area contributed by atoms with Gasteiger partial charge in [-0.25, -0.2) is 4.39 Å². The number of imide groups is 1. The van der Waals surface area contributed by atoms with E-state index in [4.69, 9.17) is 4.84 Å². The number of fused-ring (bicyclic) bond motifs is 1. The fourth-order valence-electron chi connectivity index (χ4n) is 2.66. The molecule has 0 radical (unpaired) electrons. The third-order valence-corrected chi connectivity index (χ3v) is 3.95. The fraction of sp³-hybridized carbons (Fsp3) is 0.400. The quantitative estimate of drug-likeness (QED) is 0.309. The molecule has 0 bridgehead atoms. The van der Waals surface area contributed by atoms with Gasteiger partial charge < -0.3 is 10.1 Å². The van der Waals surface area contributed by atoms with Crippen molar-refractivity contribution >= 4 is 17.7 Å². The van der Waals surface area contributed by atoms with Gasteiger partial charge in [0.15, 0.2) is 5.70 Å². The molecule has 2 N–H and O–H groups in total. The van der Waals surface area contributed by atoms with Crippen LogP contribution >= 0.6 is 0 Å². The SMILES string of the molecule is C[N+]1(C)OC2C(F)=[C-]C(C(=O)NC3CCC(=O)NC3=O)=CC=C21.[W]. The number of likely N-dealkylation sites (N-methyl/N-ethyl adjacent to an activating group) is 1. The van der Waals surface area contributed by atoms with E-state index in [1.807, 2.05) is 0 Å². The van der Waals surface area contributed by atoms with Crippen LogP contribution in [0, 0.1) is 6.08 Å². The molecule has 9 heteroatoms. The molecule has 2 heterocycles. The monoisotopic (exact) mass is 505 g/mol. The van der Waals surface area contributed by atoms with Crippen molar-refractivity contribution in [1.29, 1.82) is 0 Å². The molecular formula is C15H16FN3O4W. The molecule has 2 aliphatic heterocycles. The van der Waals surface area contributed by atoms with Crippen molar-refractivity contribution < 1.29 is 49.3 Å². The van der Waals surface area contributed by atoms with Crippen molar-refractivity contribution in [3.05, 3.63) is 35.3 Å². The first-order valence-electron chi connectivity index (χ1n) is 7.16. The first kappa shape index (κ1) is 18.7. The summed E-state index contributed by atoms with van der Waals surface area (Å²) in [6, 6.07) is -0.818. The summed E-state index contributed by atoms with van der Waals surface area (Å²) >= 11 is 0. The first-order chi connectivity index (χ1) is 10.8. The average molecular weight is 505 g/mol. The van der Waals surface area contributed by atoms with E-state index in [2.05, 4.69) is 16.7 Å². The maximum Gasteiger partial charge on any atom is 0.248 e. The summed E-state index contributed by atoms with van der Waals surface area (Å²) in [6.07, 6.45) is 4.97. The molecule has 2 saturated heterocycles. The van der Waals surface area contributed by atoms with E-state index in [0.717, 1.165) is 0 Å². The van der Waals surface area contributed by atoms with Crippen LogP contribution in [0.1, 0.15) is 12.8 Å². The Morgan fingerprint density at radius 2 is 2.12 bits per heavy atom. The van der Waals surface area contributed by atoms with Crippen LogP contribution in [0.5, 0.6) is 0 Å². The van der Waals surface area contributed by atoms with Crippen molar-refractivity contribution in [1.82, 2.24) is 10.6 Å². The maximum absolute atomic E-state index is 14.1. The molecule has 2 atom stereocenters. The number of piperidine rings is 1. The smallest absolute Gasteiger partial charge is 0.248 e. The van der Waals surface area contributed by atoms with Crippen LogP contribution < -0.4 is 10.6 Å². The molecule has 7 nitrogen and oxygen atoms in total. The van der Waals surface area contributed by atoms with E-state index in [9.17, 15) is 18.8 Å². The largest absolute Gasteiger partial charge is 0.394 e. The Bertz CT molecular complexity index is 699. The Hall–Kier alpha value is -1.63. The molecule has 24 heavy (non-hydrogen) atoms. The number of hydroxylamine groups is 3. The summed E-state index contributed by atoms with van der Waals surface area (Å²) in [5.74, 6) is -2.24. The zero-order valence-corrected chi connectivity index (χ0v) is 16.0. The fourth-order valence-corrected chi connectivity index (χ4v) is 2.66. The molecule has 0 spiro atoms. The van der Waals surface area contributed by atoms with Gasteiger partial charge in [0.1, 0.15) is 20.0 Å². The van der Waals surface area contributed by atoms with Gasteiger partial charge in [-0.3, -0.25) is 14.9 Å². The Morgan fingerprint density at radius 1 is 1.42 bits per heavy atom. The zero-order valence-electron chi connectivity index (χ0n) is 13.1. The molecule has 128 valence electrons. The minimum absolute atomic E-state index is 0. The summed E-state index contributed by atoms with van der Waals surface area (Å²) in [4.78, 5) is 40.3. The number of amides is 3. The van der Waals surface area contributed by atoms with Crippen LogP contribution in [0.25, 0.3) is 0 Å². The van der Waals surface area contributed by atoms with Crippen LogP contribution in [0.3, 0.4) is 0 Å². The van der Waals surface area contributed by atoms with Crippen LogP contribution in [-0.2, 0) is 40.3 Å². The molecule has 0 saturated carbocycles. The predicted octanol–water partition coefficient (Wildman–Crippen LogP) is -0.224. The standard InChI is InChI=1S/C15H16FN3O4.W/c1-19(2)11-5-3-8(7-9(16)13(11)23-19)14(21)17-10-4-6-12(20)18-15(10)22;/h3,5,10,13H,4,6H2,1-2H3,(H,17,21)(H,18,20,22);. The van der Waals surface area contributed by atoms with E-state index in [-0.39, 0.29) is 50.0 Å². The summed E-state index contributed by atoms with van der Waals surface area (Å²) in [5, 5.41) is 4.64. The Kier molecular flexibility index (Phi) is 5.22. The predicted molar refractivity (Wildman–Crippen MR) is 75.3 cm³/mol. The van der Waals surface area contributed by atoms with E-state index in [1.54, 1.807) is 20.2 Å². The number of carbonyl (C=O) groups is 3. The molecule has 2 fully saturated rings. The molecular weight excluding hydrogens is 489 g/mol. The number of nitrogens with zero attached hydrogens (tertiary/aromatic N) is 1. The second-order valence-corrected chi connectivity index (χ2v) is 5.96. The third-order valence-electron chi connectivity index (χ3n) is 3.95. The summed E-state index contributed by atoms with van der Waals surface area (Å²) in [7, 11) is 3.50. The van der Waals surface area contributed by atoms with Crippen molar-refractivity contribution in [2.45, 2.75) is 25.0 Å². The van der Waals surface area contributed by atoms with Gasteiger partial charge in [-0.15, -0.1) is 11.6 Å². The van der Waals surface area contributed by atoms with Gasteiger partial charge in [0.25, 0.3) is 0 Å². The van der Waals surface area contributed by atoms with Crippen molar-refractivity contribution in [3.63, 3.8) is 0 Å². The number of carbonyl (C=O) groups excluding carboxylic acids is 3.